The molecule has 0 radical (unpaired) electrons. The van der Waals surface area contributed by atoms with Crippen molar-refractivity contribution in [1.29, 1.82) is 0 Å². The summed E-state index contributed by atoms with van der Waals surface area (Å²) in [5.74, 6) is -5.03. The molecule has 0 aliphatic rings. The molecule has 0 unspecified atom stereocenters. The van der Waals surface area contributed by atoms with Crippen LogP contribution in [0.3, 0.4) is 0 Å². The summed E-state index contributed by atoms with van der Waals surface area (Å²) in [7, 11) is 0. The molecule has 0 atom stereocenters. The Morgan fingerprint density at radius 3 is 1.22 bits per heavy atom. The second-order valence-electron chi connectivity index (χ2n) is 3.99. The summed E-state index contributed by atoms with van der Waals surface area (Å²) in [6.07, 6.45) is 0. The Hall–Kier alpha value is -0.930. The van der Waals surface area contributed by atoms with Gasteiger partial charge < -0.3 is 0 Å². The number of benzene rings is 2. The first-order chi connectivity index (χ1) is 11.0. The summed E-state index contributed by atoms with van der Waals surface area (Å²) in [4.78, 5) is -0.962. The Morgan fingerprint density at radius 2 is 0.870 bits per heavy atom. The van der Waals surface area contributed by atoms with Crippen molar-refractivity contribution in [2.75, 3.05) is 12.0 Å². The predicted molar refractivity (Wildman–Crippen MR) is 80.5 cm³/mol. The Balaban J connectivity index is 2.33. The van der Waals surface area contributed by atoms with Crippen LogP contribution in [0.15, 0.2) is 43.8 Å². The largest absolute Gasteiger partial charge is 0.239 e. The smallest absolute Gasteiger partial charge is 0.173 e. The lowest BCUT2D eigenvalue weighted by molar-refractivity contribution is 0.470. The monoisotopic (exact) mass is 386 g/mol. The molecule has 9 heteroatoms. The molecule has 23 heavy (non-hydrogen) atoms. The molecule has 2 rings (SSSR count). The van der Waals surface area contributed by atoms with Crippen LogP contribution in [-0.4, -0.2) is 12.0 Å². The fourth-order valence-corrected chi connectivity index (χ4v) is 3.51. The van der Waals surface area contributed by atoms with E-state index in [1.165, 1.54) is 0 Å². The second-order valence-corrected chi connectivity index (χ2v) is 6.97. The third-order valence-corrected chi connectivity index (χ3v) is 5.20. The van der Waals surface area contributed by atoms with Gasteiger partial charge in [-0.3, -0.25) is 0 Å². The first kappa shape index (κ1) is 18.4. The van der Waals surface area contributed by atoms with Gasteiger partial charge in [-0.2, -0.15) is 0 Å². The predicted octanol–water partition coefficient (Wildman–Crippen LogP) is 6.43. The van der Waals surface area contributed by atoms with Crippen molar-refractivity contribution in [3.05, 3.63) is 47.5 Å². The summed E-state index contributed by atoms with van der Waals surface area (Å²) in [5.41, 5.74) is 0. The van der Waals surface area contributed by atoms with Crippen LogP contribution in [-0.2, 0) is 0 Å². The quantitative estimate of drug-likeness (QED) is 0.415. The second kappa shape index (κ2) is 8.25. The van der Waals surface area contributed by atoms with Crippen LogP contribution >= 0.6 is 35.3 Å². The van der Waals surface area contributed by atoms with E-state index in [9.17, 15) is 26.3 Å². The normalized spacial score (nSPS) is 11.0. The van der Waals surface area contributed by atoms with Gasteiger partial charge in [0.1, 0.15) is 12.0 Å². The van der Waals surface area contributed by atoms with Crippen LogP contribution in [0.2, 0.25) is 0 Å². The van der Waals surface area contributed by atoms with Gasteiger partial charge in [0.15, 0.2) is 23.3 Å². The highest BCUT2D eigenvalue weighted by Gasteiger charge is 2.19. The van der Waals surface area contributed by atoms with Crippen molar-refractivity contribution in [3.8, 4) is 0 Å². The van der Waals surface area contributed by atoms with Gasteiger partial charge in [-0.1, -0.05) is 35.3 Å². The first-order valence-electron chi connectivity index (χ1n) is 6.01. The average molecular weight is 386 g/mol. The molecule has 2 aromatic rings. The van der Waals surface area contributed by atoms with Gasteiger partial charge in [-0.25, -0.2) is 26.3 Å². The Bertz CT molecular complexity index is 648. The van der Waals surface area contributed by atoms with E-state index in [1.807, 2.05) is 0 Å². The number of thioether (sulfide) groups is 2. The molecule has 0 spiro atoms. The maximum absolute atomic E-state index is 13.9. The molecule has 0 aliphatic carbocycles. The Kier molecular flexibility index (Phi) is 6.60. The van der Waals surface area contributed by atoms with Crippen molar-refractivity contribution in [1.82, 2.24) is 0 Å². The van der Waals surface area contributed by atoms with Crippen LogP contribution < -0.4 is 0 Å². The third-order valence-electron chi connectivity index (χ3n) is 2.66. The van der Waals surface area contributed by atoms with Crippen molar-refractivity contribution < 1.29 is 26.3 Å². The van der Waals surface area contributed by atoms with E-state index in [0.717, 1.165) is 24.3 Å². The van der Waals surface area contributed by atoms with Gasteiger partial charge >= 0.3 is 0 Å². The van der Waals surface area contributed by atoms with Gasteiger partial charge in [0, 0.05) is 9.79 Å². The molecule has 0 aliphatic heterocycles. The SMILES string of the molecule is FCSc1ccc(Sc2ccc(SCF)c(F)c2F)c(F)c1F. The topological polar surface area (TPSA) is 0 Å². The highest BCUT2D eigenvalue weighted by atomic mass is 32.2. The van der Waals surface area contributed by atoms with E-state index in [-0.39, 0.29) is 19.6 Å². The maximum Gasteiger partial charge on any atom is 0.173 e. The summed E-state index contributed by atoms with van der Waals surface area (Å²) in [5, 5.41) is 0. The minimum atomic E-state index is -1.27. The number of hydrogen-bond acceptors (Lipinski definition) is 3. The molecule has 0 aromatic heterocycles. The van der Waals surface area contributed by atoms with Crippen molar-refractivity contribution in [3.63, 3.8) is 0 Å². The van der Waals surface area contributed by atoms with E-state index in [4.69, 9.17) is 0 Å². The minimum absolute atomic E-state index is 0.212. The van der Waals surface area contributed by atoms with E-state index in [1.54, 1.807) is 0 Å². The van der Waals surface area contributed by atoms with E-state index >= 15 is 0 Å². The highest BCUT2D eigenvalue weighted by molar-refractivity contribution is 8.00. The maximum atomic E-state index is 13.9. The van der Waals surface area contributed by atoms with Crippen molar-refractivity contribution >= 4 is 35.3 Å². The van der Waals surface area contributed by atoms with Gasteiger partial charge in [0.05, 0.1) is 9.79 Å². The lowest BCUT2D eigenvalue weighted by Gasteiger charge is -2.09. The molecule has 0 saturated heterocycles. The van der Waals surface area contributed by atoms with E-state index in [0.29, 0.717) is 35.3 Å². The fraction of sp³-hybridized carbons (Fsp3) is 0.143. The molecule has 0 nitrogen and oxygen atoms in total. The zero-order chi connectivity index (χ0) is 17.0. The Morgan fingerprint density at radius 1 is 0.565 bits per heavy atom. The van der Waals surface area contributed by atoms with Gasteiger partial charge in [-0.05, 0) is 24.3 Å². The number of halogens is 6. The van der Waals surface area contributed by atoms with Gasteiger partial charge in [0.25, 0.3) is 0 Å². The van der Waals surface area contributed by atoms with Crippen molar-refractivity contribution in [2.24, 2.45) is 0 Å². The molecule has 2 aromatic carbocycles. The van der Waals surface area contributed by atoms with E-state index in [2.05, 4.69) is 0 Å². The minimum Gasteiger partial charge on any atom is -0.239 e. The molecule has 0 amide bonds. The van der Waals surface area contributed by atoms with Crippen molar-refractivity contribution in [2.45, 2.75) is 19.6 Å². The van der Waals surface area contributed by atoms with Crippen LogP contribution in [0.25, 0.3) is 0 Å². The lowest BCUT2D eigenvalue weighted by Crippen LogP contribution is -1.94. The summed E-state index contributed by atoms with van der Waals surface area (Å²) < 4.78 is 79.6. The first-order valence-corrected chi connectivity index (χ1v) is 8.79. The molecular formula is C14H8F6S3. The molecule has 0 heterocycles. The Labute approximate surface area is 141 Å². The van der Waals surface area contributed by atoms with Crippen LogP contribution in [0.4, 0.5) is 26.3 Å². The van der Waals surface area contributed by atoms with Gasteiger partial charge in [0.2, 0.25) is 0 Å². The van der Waals surface area contributed by atoms with Crippen LogP contribution in [0, 0.1) is 23.3 Å². The van der Waals surface area contributed by atoms with Gasteiger partial charge in [-0.15, -0.1) is 0 Å². The highest BCUT2D eigenvalue weighted by Crippen LogP contribution is 2.37. The molecule has 0 fully saturated rings. The number of hydrogen-bond donors (Lipinski definition) is 0. The zero-order valence-electron chi connectivity index (χ0n) is 11.2. The molecule has 0 bridgehead atoms. The van der Waals surface area contributed by atoms with E-state index < -0.39 is 35.3 Å². The zero-order valence-corrected chi connectivity index (χ0v) is 13.7. The summed E-state index contributed by atoms with van der Waals surface area (Å²) in [6.45, 7) is 0. The number of rotatable bonds is 6. The number of alkyl halides is 2. The molecular weight excluding hydrogens is 378 g/mol. The third kappa shape index (κ3) is 4.13. The van der Waals surface area contributed by atoms with Crippen LogP contribution in [0.1, 0.15) is 0 Å². The molecule has 0 N–H and O–H groups in total. The average Bonchev–Trinajstić information content (AvgIpc) is 2.54. The summed E-state index contributed by atoms with van der Waals surface area (Å²) in [6, 6.07) is 2.79. The molecule has 124 valence electrons. The molecule has 0 saturated carbocycles. The lowest BCUT2D eigenvalue weighted by atomic mass is 10.3. The summed E-state index contributed by atoms with van der Waals surface area (Å²) >= 11 is 1.45. The fourth-order valence-electron chi connectivity index (χ4n) is 1.64. The van der Waals surface area contributed by atoms with Crippen LogP contribution in [0.5, 0.6) is 0 Å². The standard InChI is InChI=1S/C14H8F6S3/c15-5-21-7-1-3-9(13(19)11(7)17)23-10-4-2-8(22-6-16)12(18)14(10)20/h1-4H,5-6H2.